The number of hydrogen-bond donors (Lipinski definition) is 0. The second-order valence-electron chi connectivity index (χ2n) is 6.49. The summed E-state index contributed by atoms with van der Waals surface area (Å²) in [6.07, 6.45) is -1.06. The maximum absolute atomic E-state index is 12.5. The van der Waals surface area contributed by atoms with Crippen molar-refractivity contribution in [3.8, 4) is 11.5 Å². The Morgan fingerprint density at radius 3 is 2.57 bits per heavy atom. The topological polar surface area (TPSA) is 58.6 Å². The zero-order valence-corrected chi connectivity index (χ0v) is 12.5. The summed E-state index contributed by atoms with van der Waals surface area (Å²) in [5.74, 6) is -1.45. The third-order valence-electron chi connectivity index (χ3n) is 4.85. The molecule has 1 aromatic carbocycles. The Morgan fingerprint density at radius 2 is 2.04 bits per heavy atom. The van der Waals surface area contributed by atoms with Gasteiger partial charge in [-0.05, 0) is 62.6 Å². The number of hydrogen-bond acceptors (Lipinski definition) is 4. The van der Waals surface area contributed by atoms with Gasteiger partial charge in [-0.2, -0.15) is 0 Å². The first kappa shape index (κ1) is 16.0. The number of carbonyl (C=O) groups excluding carboxylic acids is 1. The highest BCUT2D eigenvalue weighted by molar-refractivity contribution is 5.86. The molecule has 2 bridgehead atoms. The molecule has 7 heteroatoms. The highest BCUT2D eigenvalue weighted by atomic mass is 19.4. The molecule has 0 aromatic heterocycles. The van der Waals surface area contributed by atoms with Crippen molar-refractivity contribution < 1.29 is 32.5 Å². The summed E-state index contributed by atoms with van der Waals surface area (Å²) in [5, 5.41) is 11.0. The smallest absolute Gasteiger partial charge is 0.545 e. The molecule has 3 atom stereocenters. The monoisotopic (exact) mass is 329 g/mol. The Kier molecular flexibility index (Phi) is 3.69. The molecule has 2 fully saturated rings. The molecular formula is C16H16F3O4-. The van der Waals surface area contributed by atoms with E-state index in [0.29, 0.717) is 5.92 Å². The lowest BCUT2D eigenvalue weighted by Gasteiger charge is -2.35. The third-order valence-corrected chi connectivity index (χ3v) is 4.85. The van der Waals surface area contributed by atoms with Crippen LogP contribution in [0.25, 0.3) is 0 Å². The lowest BCUT2D eigenvalue weighted by Crippen LogP contribution is -2.38. The summed E-state index contributed by atoms with van der Waals surface area (Å²) in [4.78, 5) is 11.0. The number of ether oxygens (including phenoxy) is 2. The van der Waals surface area contributed by atoms with E-state index in [9.17, 15) is 23.1 Å². The molecule has 126 valence electrons. The minimum Gasteiger partial charge on any atom is -0.545 e. The molecule has 0 amide bonds. The molecule has 3 rings (SSSR count). The Labute approximate surface area is 131 Å². The standard InChI is InChI=1S/C16H17F3O4/c1-15(8-9-2-4-11(15)6-9)22-13-7-10(14(20)21)3-5-12(13)23-16(17,18)19/h3,5,7,9,11H,2,4,6,8H2,1H3,(H,20,21)/p-1. The zero-order valence-electron chi connectivity index (χ0n) is 12.5. The van der Waals surface area contributed by atoms with Crippen LogP contribution in [0.5, 0.6) is 11.5 Å². The van der Waals surface area contributed by atoms with Crippen molar-refractivity contribution in [3.63, 3.8) is 0 Å². The maximum atomic E-state index is 12.5. The molecule has 2 aliphatic rings. The number of alkyl halides is 3. The Bertz CT molecular complexity index is 628. The Hall–Kier alpha value is -1.92. The van der Waals surface area contributed by atoms with Gasteiger partial charge in [0.2, 0.25) is 0 Å². The van der Waals surface area contributed by atoms with Gasteiger partial charge in [-0.3, -0.25) is 0 Å². The number of rotatable bonds is 4. The van der Waals surface area contributed by atoms with Crippen LogP contribution in [-0.2, 0) is 0 Å². The minimum absolute atomic E-state index is 0.209. The summed E-state index contributed by atoms with van der Waals surface area (Å²) < 4.78 is 47.4. The van der Waals surface area contributed by atoms with Crippen molar-refractivity contribution in [1.29, 1.82) is 0 Å². The van der Waals surface area contributed by atoms with Crippen LogP contribution in [0, 0.1) is 11.8 Å². The van der Waals surface area contributed by atoms with Crippen LogP contribution in [0.15, 0.2) is 18.2 Å². The van der Waals surface area contributed by atoms with E-state index in [4.69, 9.17) is 4.74 Å². The molecule has 0 radical (unpaired) electrons. The molecule has 1 aromatic rings. The van der Waals surface area contributed by atoms with E-state index in [1.54, 1.807) is 0 Å². The molecule has 3 unspecified atom stereocenters. The molecule has 0 N–H and O–H groups in total. The normalized spacial score (nSPS) is 29.6. The van der Waals surface area contributed by atoms with E-state index in [-0.39, 0.29) is 17.2 Å². The zero-order chi connectivity index (χ0) is 16.8. The second kappa shape index (κ2) is 5.32. The van der Waals surface area contributed by atoms with Crippen LogP contribution in [0.3, 0.4) is 0 Å². The van der Waals surface area contributed by atoms with E-state index in [0.717, 1.165) is 43.9 Å². The fourth-order valence-corrected chi connectivity index (χ4v) is 3.85. The van der Waals surface area contributed by atoms with Crippen LogP contribution in [0.4, 0.5) is 13.2 Å². The van der Waals surface area contributed by atoms with Gasteiger partial charge < -0.3 is 19.4 Å². The predicted molar refractivity (Wildman–Crippen MR) is 71.9 cm³/mol. The van der Waals surface area contributed by atoms with Gasteiger partial charge >= 0.3 is 6.36 Å². The molecule has 4 nitrogen and oxygen atoms in total. The highest BCUT2D eigenvalue weighted by Gasteiger charge is 2.50. The third kappa shape index (κ3) is 3.23. The van der Waals surface area contributed by atoms with Crippen LogP contribution < -0.4 is 14.6 Å². The van der Waals surface area contributed by atoms with Gasteiger partial charge in [-0.15, -0.1) is 13.2 Å². The average molecular weight is 329 g/mol. The number of carbonyl (C=O) groups is 1. The second-order valence-corrected chi connectivity index (χ2v) is 6.49. The SMILES string of the molecule is CC1(Oc2cc(C(=O)[O-])ccc2OC(F)(F)F)CC2CCC1C2. The van der Waals surface area contributed by atoms with Gasteiger partial charge in [0.15, 0.2) is 11.5 Å². The summed E-state index contributed by atoms with van der Waals surface area (Å²) in [6, 6.07) is 2.99. The number of benzene rings is 1. The van der Waals surface area contributed by atoms with Crippen molar-refractivity contribution in [3.05, 3.63) is 23.8 Å². The van der Waals surface area contributed by atoms with E-state index in [1.807, 2.05) is 6.92 Å². The van der Waals surface area contributed by atoms with Gasteiger partial charge in [0, 0.05) is 5.56 Å². The minimum atomic E-state index is -4.88. The van der Waals surface area contributed by atoms with E-state index in [1.165, 1.54) is 0 Å². The lowest BCUT2D eigenvalue weighted by molar-refractivity contribution is -0.275. The molecule has 0 heterocycles. The number of carboxylic acid groups (broad SMARTS) is 1. The molecule has 0 saturated heterocycles. The summed E-state index contributed by atoms with van der Waals surface area (Å²) in [6.45, 7) is 1.86. The molecular weight excluding hydrogens is 313 g/mol. The molecule has 2 saturated carbocycles. The fraction of sp³-hybridized carbons (Fsp3) is 0.562. The molecule has 2 aliphatic carbocycles. The van der Waals surface area contributed by atoms with E-state index in [2.05, 4.69) is 4.74 Å². The summed E-state index contributed by atoms with van der Waals surface area (Å²) >= 11 is 0. The van der Waals surface area contributed by atoms with Gasteiger partial charge in [-0.1, -0.05) is 0 Å². The van der Waals surface area contributed by atoms with Gasteiger partial charge in [0.25, 0.3) is 0 Å². The van der Waals surface area contributed by atoms with Crippen molar-refractivity contribution in [2.45, 2.75) is 44.6 Å². The molecule has 23 heavy (non-hydrogen) atoms. The lowest BCUT2D eigenvalue weighted by atomic mass is 9.85. The molecule has 0 aliphatic heterocycles. The average Bonchev–Trinajstić information content (AvgIpc) is 2.98. The van der Waals surface area contributed by atoms with Crippen molar-refractivity contribution in [1.82, 2.24) is 0 Å². The number of carboxylic acids is 1. The highest BCUT2D eigenvalue weighted by Crippen LogP contribution is 2.53. The van der Waals surface area contributed by atoms with Crippen LogP contribution >= 0.6 is 0 Å². The number of fused-ring (bicyclic) bond motifs is 2. The van der Waals surface area contributed by atoms with Crippen molar-refractivity contribution in [2.75, 3.05) is 0 Å². The fourth-order valence-electron chi connectivity index (χ4n) is 3.85. The van der Waals surface area contributed by atoms with Gasteiger partial charge in [-0.25, -0.2) is 0 Å². The van der Waals surface area contributed by atoms with Crippen LogP contribution in [-0.4, -0.2) is 17.9 Å². The Morgan fingerprint density at radius 1 is 1.30 bits per heavy atom. The van der Waals surface area contributed by atoms with Crippen molar-refractivity contribution >= 4 is 5.97 Å². The van der Waals surface area contributed by atoms with E-state index >= 15 is 0 Å². The summed E-state index contributed by atoms with van der Waals surface area (Å²) in [5.41, 5.74) is -0.849. The van der Waals surface area contributed by atoms with Gasteiger partial charge in [0.05, 0.1) is 5.97 Å². The quantitative estimate of drug-likeness (QED) is 0.852. The van der Waals surface area contributed by atoms with Crippen LogP contribution in [0.2, 0.25) is 0 Å². The van der Waals surface area contributed by atoms with Crippen LogP contribution in [0.1, 0.15) is 43.0 Å². The predicted octanol–water partition coefficient (Wildman–Crippen LogP) is 2.91. The summed E-state index contributed by atoms with van der Waals surface area (Å²) in [7, 11) is 0. The Balaban J connectivity index is 1.91. The first-order valence-electron chi connectivity index (χ1n) is 7.46. The maximum Gasteiger partial charge on any atom is 0.573 e. The first-order chi connectivity index (χ1) is 10.7. The van der Waals surface area contributed by atoms with Crippen molar-refractivity contribution in [2.24, 2.45) is 11.8 Å². The largest absolute Gasteiger partial charge is 0.573 e. The number of halogens is 3. The first-order valence-corrected chi connectivity index (χ1v) is 7.46. The van der Waals surface area contributed by atoms with Gasteiger partial charge in [0.1, 0.15) is 5.60 Å². The van der Waals surface area contributed by atoms with E-state index < -0.39 is 23.7 Å². The number of aromatic carboxylic acids is 1. The molecule has 0 spiro atoms.